The molecule has 1 saturated heterocycles. The zero-order chi connectivity index (χ0) is 15.4. The summed E-state index contributed by atoms with van der Waals surface area (Å²) in [5.41, 5.74) is 3.53. The Morgan fingerprint density at radius 2 is 2.27 bits per heavy atom. The number of nitrogens with zero attached hydrogens (tertiary/aromatic N) is 3. The van der Waals surface area contributed by atoms with Crippen molar-refractivity contribution >= 4 is 5.69 Å². The van der Waals surface area contributed by atoms with Crippen LogP contribution in [0.15, 0.2) is 30.7 Å². The number of hydrogen-bond donors (Lipinski definition) is 1. The molecule has 1 aliphatic rings. The predicted octanol–water partition coefficient (Wildman–Crippen LogP) is 3.19. The minimum Gasteiger partial charge on any atom is -0.384 e. The summed E-state index contributed by atoms with van der Waals surface area (Å²) >= 11 is 0. The van der Waals surface area contributed by atoms with E-state index in [9.17, 15) is 0 Å². The number of pyridine rings is 1. The SMILES string of the molecule is CCn1nccc1[C@@H]1OCCC[C@H]1CNc1ccncc1C. The van der Waals surface area contributed by atoms with Crippen molar-refractivity contribution in [3.05, 3.63) is 42.0 Å². The van der Waals surface area contributed by atoms with Crippen LogP contribution in [0.3, 0.4) is 0 Å². The van der Waals surface area contributed by atoms with Gasteiger partial charge in [0.2, 0.25) is 0 Å². The van der Waals surface area contributed by atoms with Gasteiger partial charge in [-0.3, -0.25) is 9.67 Å². The summed E-state index contributed by atoms with van der Waals surface area (Å²) < 4.78 is 8.13. The smallest absolute Gasteiger partial charge is 0.104 e. The standard InChI is InChI=1S/C17H24N4O/c1-3-21-16(7-9-20-21)17-14(5-4-10-22-17)12-19-15-6-8-18-11-13(15)2/h6-9,11,14,17H,3-5,10,12H2,1-2H3,(H,18,19)/t14-,17+/m0/s1. The Labute approximate surface area is 131 Å². The second-order valence-electron chi connectivity index (χ2n) is 5.84. The second kappa shape index (κ2) is 6.92. The summed E-state index contributed by atoms with van der Waals surface area (Å²) in [6.45, 7) is 6.82. The lowest BCUT2D eigenvalue weighted by molar-refractivity contribution is -0.0288. The Balaban J connectivity index is 1.72. The van der Waals surface area contributed by atoms with E-state index in [0.717, 1.165) is 31.8 Å². The fourth-order valence-electron chi connectivity index (χ4n) is 3.14. The van der Waals surface area contributed by atoms with Crippen LogP contribution in [0.25, 0.3) is 0 Å². The average Bonchev–Trinajstić information content (AvgIpc) is 3.03. The lowest BCUT2D eigenvalue weighted by Crippen LogP contribution is -2.30. The first kappa shape index (κ1) is 15.0. The molecule has 0 unspecified atom stereocenters. The van der Waals surface area contributed by atoms with Crippen molar-refractivity contribution in [1.29, 1.82) is 0 Å². The Kier molecular flexibility index (Phi) is 4.73. The molecular formula is C17H24N4O. The van der Waals surface area contributed by atoms with E-state index in [1.807, 2.05) is 29.3 Å². The van der Waals surface area contributed by atoms with Crippen LogP contribution in [0, 0.1) is 12.8 Å². The summed E-state index contributed by atoms with van der Waals surface area (Å²) in [6.07, 6.45) is 8.02. The first-order valence-corrected chi connectivity index (χ1v) is 8.07. The van der Waals surface area contributed by atoms with Crippen LogP contribution in [-0.2, 0) is 11.3 Å². The fraction of sp³-hybridized carbons (Fsp3) is 0.529. The number of anilines is 1. The van der Waals surface area contributed by atoms with Crippen molar-refractivity contribution in [2.75, 3.05) is 18.5 Å². The summed E-state index contributed by atoms with van der Waals surface area (Å²) in [7, 11) is 0. The topological polar surface area (TPSA) is 52.0 Å². The normalized spacial score (nSPS) is 21.7. The molecule has 3 rings (SSSR count). The molecule has 2 atom stereocenters. The van der Waals surface area contributed by atoms with Crippen molar-refractivity contribution < 1.29 is 4.74 Å². The van der Waals surface area contributed by atoms with Gasteiger partial charge in [0.1, 0.15) is 6.10 Å². The summed E-state index contributed by atoms with van der Waals surface area (Å²) in [5.74, 6) is 0.461. The summed E-state index contributed by atoms with van der Waals surface area (Å²) in [4.78, 5) is 4.14. The van der Waals surface area contributed by atoms with Crippen molar-refractivity contribution in [1.82, 2.24) is 14.8 Å². The van der Waals surface area contributed by atoms with E-state index in [1.165, 1.54) is 17.7 Å². The molecule has 118 valence electrons. The molecule has 2 aromatic heterocycles. The van der Waals surface area contributed by atoms with Crippen LogP contribution >= 0.6 is 0 Å². The largest absolute Gasteiger partial charge is 0.384 e. The number of ether oxygens (including phenoxy) is 1. The van der Waals surface area contributed by atoms with Crippen LogP contribution < -0.4 is 5.32 Å². The number of hydrogen-bond acceptors (Lipinski definition) is 4. The molecule has 2 aromatic rings. The molecule has 0 aromatic carbocycles. The molecule has 1 N–H and O–H groups in total. The third-order valence-corrected chi connectivity index (χ3v) is 4.36. The summed E-state index contributed by atoms with van der Waals surface area (Å²) in [5, 5.41) is 7.95. The maximum atomic E-state index is 6.08. The molecule has 0 radical (unpaired) electrons. The molecule has 22 heavy (non-hydrogen) atoms. The van der Waals surface area contributed by atoms with Gasteiger partial charge in [-0.1, -0.05) is 0 Å². The molecule has 0 bridgehead atoms. The third kappa shape index (κ3) is 3.14. The Hall–Kier alpha value is -1.88. The van der Waals surface area contributed by atoms with Gasteiger partial charge in [0, 0.05) is 49.9 Å². The number of nitrogens with one attached hydrogen (secondary N) is 1. The van der Waals surface area contributed by atoms with Crippen molar-refractivity contribution in [2.24, 2.45) is 5.92 Å². The van der Waals surface area contributed by atoms with Crippen LogP contribution in [0.4, 0.5) is 5.69 Å². The molecule has 0 saturated carbocycles. The Morgan fingerprint density at radius 3 is 3.09 bits per heavy atom. The Bertz CT molecular complexity index is 610. The highest BCUT2D eigenvalue weighted by atomic mass is 16.5. The van der Waals surface area contributed by atoms with Crippen molar-refractivity contribution in [3.8, 4) is 0 Å². The summed E-state index contributed by atoms with van der Waals surface area (Å²) in [6, 6.07) is 4.12. The van der Waals surface area contributed by atoms with Gasteiger partial charge in [0.15, 0.2) is 0 Å². The maximum Gasteiger partial charge on any atom is 0.104 e. The van der Waals surface area contributed by atoms with E-state index in [0.29, 0.717) is 5.92 Å². The van der Waals surface area contributed by atoms with Gasteiger partial charge in [-0.05, 0) is 44.4 Å². The molecule has 1 fully saturated rings. The van der Waals surface area contributed by atoms with Gasteiger partial charge >= 0.3 is 0 Å². The van der Waals surface area contributed by atoms with Crippen LogP contribution in [0.1, 0.15) is 37.1 Å². The van der Waals surface area contributed by atoms with E-state index in [1.54, 1.807) is 0 Å². The molecule has 0 amide bonds. The van der Waals surface area contributed by atoms with Gasteiger partial charge < -0.3 is 10.1 Å². The monoisotopic (exact) mass is 300 g/mol. The third-order valence-electron chi connectivity index (χ3n) is 4.36. The predicted molar refractivity (Wildman–Crippen MR) is 86.8 cm³/mol. The van der Waals surface area contributed by atoms with Gasteiger partial charge in [-0.2, -0.15) is 5.10 Å². The first-order chi connectivity index (χ1) is 10.8. The van der Waals surface area contributed by atoms with Crippen LogP contribution in [0.5, 0.6) is 0 Å². The minimum atomic E-state index is 0.130. The highest BCUT2D eigenvalue weighted by Gasteiger charge is 2.29. The molecule has 5 nitrogen and oxygen atoms in total. The van der Waals surface area contributed by atoms with Gasteiger partial charge in [-0.15, -0.1) is 0 Å². The van der Waals surface area contributed by atoms with E-state index in [-0.39, 0.29) is 6.10 Å². The zero-order valence-corrected chi connectivity index (χ0v) is 13.3. The van der Waals surface area contributed by atoms with E-state index < -0.39 is 0 Å². The molecule has 0 aliphatic carbocycles. The van der Waals surface area contributed by atoms with Gasteiger partial charge in [-0.25, -0.2) is 0 Å². The number of aryl methyl sites for hydroxylation is 2. The van der Waals surface area contributed by atoms with Crippen LogP contribution in [0.2, 0.25) is 0 Å². The minimum absolute atomic E-state index is 0.130. The van der Waals surface area contributed by atoms with E-state index >= 15 is 0 Å². The second-order valence-corrected chi connectivity index (χ2v) is 5.84. The van der Waals surface area contributed by atoms with E-state index in [4.69, 9.17) is 4.74 Å². The van der Waals surface area contributed by atoms with Crippen molar-refractivity contribution in [3.63, 3.8) is 0 Å². The number of rotatable bonds is 5. The van der Waals surface area contributed by atoms with Crippen LogP contribution in [-0.4, -0.2) is 27.9 Å². The van der Waals surface area contributed by atoms with E-state index in [2.05, 4.69) is 35.3 Å². The number of aromatic nitrogens is 3. The lowest BCUT2D eigenvalue weighted by Gasteiger charge is -2.32. The molecule has 3 heterocycles. The highest BCUT2D eigenvalue weighted by Crippen LogP contribution is 2.33. The van der Waals surface area contributed by atoms with Gasteiger partial charge in [0.25, 0.3) is 0 Å². The molecule has 0 spiro atoms. The maximum absolute atomic E-state index is 6.08. The molecule has 1 aliphatic heterocycles. The van der Waals surface area contributed by atoms with Gasteiger partial charge in [0.05, 0.1) is 5.69 Å². The highest BCUT2D eigenvalue weighted by molar-refractivity contribution is 5.48. The zero-order valence-electron chi connectivity index (χ0n) is 13.3. The first-order valence-electron chi connectivity index (χ1n) is 8.07. The lowest BCUT2D eigenvalue weighted by atomic mass is 9.92. The molecule has 5 heteroatoms. The fourth-order valence-corrected chi connectivity index (χ4v) is 3.14. The average molecular weight is 300 g/mol. The quantitative estimate of drug-likeness (QED) is 0.921. The van der Waals surface area contributed by atoms with Crippen molar-refractivity contribution in [2.45, 2.75) is 39.3 Å². The molecular weight excluding hydrogens is 276 g/mol. The Morgan fingerprint density at radius 1 is 1.36 bits per heavy atom.